The van der Waals surface area contributed by atoms with Gasteiger partial charge in [-0.1, -0.05) is 46.5 Å². The maximum Gasteiger partial charge on any atom is 0.306 e. The summed E-state index contributed by atoms with van der Waals surface area (Å²) >= 11 is 0. The van der Waals surface area contributed by atoms with Gasteiger partial charge in [0.05, 0.1) is 5.56 Å². The molecule has 1 unspecified atom stereocenters. The molecule has 0 bridgehead atoms. The van der Waals surface area contributed by atoms with Crippen LogP contribution in [-0.2, 0) is 9.53 Å². The van der Waals surface area contributed by atoms with E-state index in [0.717, 1.165) is 19.3 Å². The van der Waals surface area contributed by atoms with E-state index in [9.17, 15) is 9.59 Å². The number of rotatable bonds is 14. The Labute approximate surface area is 163 Å². The van der Waals surface area contributed by atoms with Crippen LogP contribution >= 0.6 is 0 Å². The number of hydrogen-bond acceptors (Lipinski definition) is 6. The molecule has 0 amide bonds. The average Bonchev–Trinajstić information content (AvgIpc) is 2.63. The second kappa shape index (κ2) is 13.3. The van der Waals surface area contributed by atoms with E-state index < -0.39 is 6.10 Å². The molecule has 6 heteroatoms. The van der Waals surface area contributed by atoms with Crippen LogP contribution in [0, 0.1) is 0 Å². The molecule has 0 saturated heterocycles. The highest BCUT2D eigenvalue weighted by molar-refractivity contribution is 5.96. The van der Waals surface area contributed by atoms with Crippen molar-refractivity contribution in [3.63, 3.8) is 0 Å². The molecule has 0 fully saturated rings. The van der Waals surface area contributed by atoms with Crippen LogP contribution in [0.1, 0.15) is 76.6 Å². The Kier molecular flexibility index (Phi) is 11.3. The van der Waals surface area contributed by atoms with Crippen LogP contribution in [-0.4, -0.2) is 42.0 Å². The molecule has 0 saturated carbocycles. The summed E-state index contributed by atoms with van der Waals surface area (Å²) in [5, 5.41) is 3.26. The van der Waals surface area contributed by atoms with Gasteiger partial charge in [0.2, 0.25) is 5.88 Å². The first-order valence-electron chi connectivity index (χ1n) is 9.95. The van der Waals surface area contributed by atoms with Crippen molar-refractivity contribution in [2.45, 2.75) is 78.4 Å². The summed E-state index contributed by atoms with van der Waals surface area (Å²) in [5.74, 6) is -0.0485. The van der Waals surface area contributed by atoms with Crippen LogP contribution in [0.3, 0.4) is 0 Å². The molecule has 1 aromatic rings. The standard InChI is InChI=1S/C21H34N2O4/c1-5-6-7-8-9-12-20(25)27-18(14-23-16(2)3)15-26-21-19(17(4)24)11-10-13-22-21/h10-11,13,16,18,23H,5-9,12,14-15H2,1-4H3. The van der Waals surface area contributed by atoms with E-state index in [-0.39, 0.29) is 30.3 Å². The fourth-order valence-electron chi connectivity index (χ4n) is 2.57. The quantitative estimate of drug-likeness (QED) is 0.300. The van der Waals surface area contributed by atoms with Gasteiger partial charge in [-0.3, -0.25) is 9.59 Å². The average molecular weight is 379 g/mol. The number of unbranched alkanes of at least 4 members (excludes halogenated alkanes) is 4. The molecular formula is C21H34N2O4. The molecule has 0 radical (unpaired) electrons. The summed E-state index contributed by atoms with van der Waals surface area (Å²) in [7, 11) is 0. The molecule has 0 aromatic carbocycles. The first kappa shape index (κ1) is 23.1. The number of hydrogen-bond donors (Lipinski definition) is 1. The normalized spacial score (nSPS) is 12.0. The molecule has 27 heavy (non-hydrogen) atoms. The second-order valence-electron chi connectivity index (χ2n) is 7.06. The number of ketones is 1. The highest BCUT2D eigenvalue weighted by Gasteiger charge is 2.18. The Morgan fingerprint density at radius 1 is 1.19 bits per heavy atom. The number of carbonyl (C=O) groups excluding carboxylic acids is 2. The second-order valence-corrected chi connectivity index (χ2v) is 7.06. The number of ether oxygens (including phenoxy) is 2. The van der Waals surface area contributed by atoms with E-state index in [1.165, 1.54) is 19.8 Å². The maximum absolute atomic E-state index is 12.1. The summed E-state index contributed by atoms with van der Waals surface area (Å²) in [6.07, 6.45) is 6.99. The molecule has 1 aromatic heterocycles. The van der Waals surface area contributed by atoms with Gasteiger partial charge in [-0.15, -0.1) is 0 Å². The molecule has 0 spiro atoms. The topological polar surface area (TPSA) is 77.5 Å². The van der Waals surface area contributed by atoms with E-state index in [4.69, 9.17) is 9.47 Å². The summed E-state index contributed by atoms with van der Waals surface area (Å²) < 4.78 is 11.3. The van der Waals surface area contributed by atoms with Gasteiger partial charge in [0, 0.05) is 25.2 Å². The molecule has 1 N–H and O–H groups in total. The molecule has 0 aliphatic carbocycles. The lowest BCUT2D eigenvalue weighted by molar-refractivity contribution is -0.150. The van der Waals surface area contributed by atoms with Crippen molar-refractivity contribution >= 4 is 11.8 Å². The zero-order valence-electron chi connectivity index (χ0n) is 17.1. The van der Waals surface area contributed by atoms with Crippen LogP contribution in [0.5, 0.6) is 5.88 Å². The largest absolute Gasteiger partial charge is 0.473 e. The van der Waals surface area contributed by atoms with Crippen LogP contribution in [0.15, 0.2) is 18.3 Å². The fraction of sp³-hybridized carbons (Fsp3) is 0.667. The minimum atomic E-state index is -0.433. The summed E-state index contributed by atoms with van der Waals surface area (Å²) in [5.41, 5.74) is 0.426. The molecule has 152 valence electrons. The summed E-state index contributed by atoms with van der Waals surface area (Å²) in [6.45, 7) is 8.33. The lowest BCUT2D eigenvalue weighted by Gasteiger charge is -2.20. The van der Waals surface area contributed by atoms with Crippen molar-refractivity contribution < 1.29 is 19.1 Å². The third-order valence-corrected chi connectivity index (χ3v) is 4.09. The molecule has 0 aliphatic rings. The Morgan fingerprint density at radius 3 is 2.59 bits per heavy atom. The van der Waals surface area contributed by atoms with Crippen molar-refractivity contribution in [2.24, 2.45) is 0 Å². The van der Waals surface area contributed by atoms with Crippen molar-refractivity contribution in [1.29, 1.82) is 0 Å². The number of Topliss-reactive ketones (excluding diaryl/α,β-unsaturated/α-hetero) is 1. The third-order valence-electron chi connectivity index (χ3n) is 4.09. The minimum Gasteiger partial charge on any atom is -0.473 e. The Balaban J connectivity index is 2.56. The molecule has 0 aliphatic heterocycles. The zero-order valence-corrected chi connectivity index (χ0v) is 17.1. The molecule has 1 heterocycles. The number of pyridine rings is 1. The predicted molar refractivity (Wildman–Crippen MR) is 106 cm³/mol. The van der Waals surface area contributed by atoms with Gasteiger partial charge in [0.15, 0.2) is 5.78 Å². The van der Waals surface area contributed by atoms with E-state index in [1.54, 1.807) is 18.3 Å². The highest BCUT2D eigenvalue weighted by Crippen LogP contribution is 2.15. The van der Waals surface area contributed by atoms with Gasteiger partial charge in [-0.2, -0.15) is 0 Å². The maximum atomic E-state index is 12.1. The number of nitrogens with one attached hydrogen (secondary N) is 1. The monoisotopic (exact) mass is 378 g/mol. The smallest absolute Gasteiger partial charge is 0.306 e. The summed E-state index contributed by atoms with van der Waals surface area (Å²) in [4.78, 5) is 27.9. The molecule has 6 nitrogen and oxygen atoms in total. The van der Waals surface area contributed by atoms with Gasteiger partial charge in [-0.25, -0.2) is 4.98 Å². The first-order valence-corrected chi connectivity index (χ1v) is 9.95. The number of carbonyl (C=O) groups is 2. The Bertz CT molecular complexity index is 575. The minimum absolute atomic E-state index is 0.112. The van der Waals surface area contributed by atoms with Gasteiger partial charge in [0.25, 0.3) is 0 Å². The first-order chi connectivity index (χ1) is 12.9. The molecule has 1 rings (SSSR count). The van der Waals surface area contributed by atoms with E-state index in [1.807, 2.05) is 13.8 Å². The Morgan fingerprint density at radius 2 is 1.93 bits per heavy atom. The van der Waals surface area contributed by atoms with Crippen molar-refractivity contribution in [3.8, 4) is 5.88 Å². The van der Waals surface area contributed by atoms with Gasteiger partial charge in [-0.05, 0) is 25.5 Å². The zero-order chi connectivity index (χ0) is 20.1. The van der Waals surface area contributed by atoms with Crippen LogP contribution in [0.25, 0.3) is 0 Å². The summed E-state index contributed by atoms with van der Waals surface area (Å²) in [6, 6.07) is 3.64. The van der Waals surface area contributed by atoms with Gasteiger partial charge < -0.3 is 14.8 Å². The molecular weight excluding hydrogens is 344 g/mol. The fourth-order valence-corrected chi connectivity index (χ4v) is 2.57. The van der Waals surface area contributed by atoms with Crippen LogP contribution in [0.4, 0.5) is 0 Å². The van der Waals surface area contributed by atoms with Gasteiger partial charge in [0.1, 0.15) is 12.7 Å². The van der Waals surface area contributed by atoms with Crippen LogP contribution in [0.2, 0.25) is 0 Å². The number of esters is 1. The van der Waals surface area contributed by atoms with E-state index >= 15 is 0 Å². The van der Waals surface area contributed by atoms with Crippen molar-refractivity contribution in [2.75, 3.05) is 13.2 Å². The van der Waals surface area contributed by atoms with Crippen molar-refractivity contribution in [1.82, 2.24) is 10.3 Å². The lowest BCUT2D eigenvalue weighted by Crippen LogP contribution is -2.38. The third kappa shape index (κ3) is 10.1. The van der Waals surface area contributed by atoms with E-state index in [0.29, 0.717) is 18.5 Å². The number of nitrogens with zero attached hydrogens (tertiary/aromatic N) is 1. The SMILES string of the molecule is CCCCCCCC(=O)OC(CNC(C)C)COc1ncccc1C(C)=O. The van der Waals surface area contributed by atoms with E-state index in [2.05, 4.69) is 17.2 Å². The van der Waals surface area contributed by atoms with Crippen LogP contribution < -0.4 is 10.1 Å². The molecule has 1 atom stereocenters. The lowest BCUT2D eigenvalue weighted by atomic mass is 10.1. The highest BCUT2D eigenvalue weighted by atomic mass is 16.6. The van der Waals surface area contributed by atoms with Crippen molar-refractivity contribution in [3.05, 3.63) is 23.9 Å². The van der Waals surface area contributed by atoms with Gasteiger partial charge >= 0.3 is 5.97 Å². The number of aromatic nitrogens is 1. The predicted octanol–water partition coefficient (Wildman–Crippen LogP) is 3.93. The Hall–Kier alpha value is -1.95.